The van der Waals surface area contributed by atoms with Gasteiger partial charge in [-0.3, -0.25) is 4.68 Å². The van der Waals surface area contributed by atoms with Crippen molar-refractivity contribution in [1.29, 1.82) is 0 Å². The topological polar surface area (TPSA) is 42.3 Å². The van der Waals surface area contributed by atoms with Crippen LogP contribution in [0.2, 0.25) is 0 Å². The first-order chi connectivity index (χ1) is 8.76. The predicted octanol–water partition coefficient (Wildman–Crippen LogP) is 0.961. The molecule has 1 N–H and O–H groups in total. The van der Waals surface area contributed by atoms with Crippen molar-refractivity contribution in [3.05, 3.63) is 18.0 Å². The van der Waals surface area contributed by atoms with Gasteiger partial charge in [0.05, 0.1) is 12.8 Å². The second kappa shape index (κ2) is 9.08. The van der Waals surface area contributed by atoms with Crippen molar-refractivity contribution in [1.82, 2.24) is 20.0 Å². The van der Waals surface area contributed by atoms with Crippen LogP contribution in [0.5, 0.6) is 0 Å². The largest absolute Gasteiger partial charge is 0.383 e. The maximum absolute atomic E-state index is 5.04. The van der Waals surface area contributed by atoms with Gasteiger partial charge in [-0.15, -0.1) is 0 Å². The molecule has 0 aliphatic carbocycles. The van der Waals surface area contributed by atoms with Crippen molar-refractivity contribution in [2.24, 2.45) is 0 Å². The molecule has 0 saturated carbocycles. The summed E-state index contributed by atoms with van der Waals surface area (Å²) in [6.07, 6.45) is 5.18. The Kier molecular flexibility index (Phi) is 7.64. The smallest absolute Gasteiger partial charge is 0.0589 e. The maximum Gasteiger partial charge on any atom is 0.0589 e. The molecule has 0 aromatic carbocycles. The van der Waals surface area contributed by atoms with Gasteiger partial charge in [0.1, 0.15) is 0 Å². The van der Waals surface area contributed by atoms with Gasteiger partial charge in [-0.05, 0) is 13.5 Å². The first-order valence-electron chi connectivity index (χ1n) is 6.65. The van der Waals surface area contributed by atoms with Gasteiger partial charge in [-0.1, -0.05) is 6.92 Å². The highest BCUT2D eigenvalue weighted by molar-refractivity contribution is 5.03. The number of aryl methyl sites for hydroxylation is 1. The van der Waals surface area contributed by atoms with Crippen molar-refractivity contribution in [3.63, 3.8) is 0 Å². The van der Waals surface area contributed by atoms with Gasteiger partial charge >= 0.3 is 0 Å². The molecule has 0 fully saturated rings. The van der Waals surface area contributed by atoms with E-state index in [9.17, 15) is 0 Å². The van der Waals surface area contributed by atoms with E-state index in [1.54, 1.807) is 7.11 Å². The quantitative estimate of drug-likeness (QED) is 0.632. The fourth-order valence-corrected chi connectivity index (χ4v) is 1.71. The third kappa shape index (κ3) is 6.14. The Labute approximate surface area is 110 Å². The first kappa shape index (κ1) is 15.1. The zero-order valence-electron chi connectivity index (χ0n) is 11.9. The van der Waals surface area contributed by atoms with E-state index in [0.717, 1.165) is 45.8 Å². The molecular formula is C13H26N4O. The summed E-state index contributed by atoms with van der Waals surface area (Å²) in [5.41, 5.74) is 1.25. The second-order valence-corrected chi connectivity index (χ2v) is 4.58. The third-order valence-corrected chi connectivity index (χ3v) is 2.82. The number of hydrogen-bond acceptors (Lipinski definition) is 4. The summed E-state index contributed by atoms with van der Waals surface area (Å²) in [5.74, 6) is 0. The van der Waals surface area contributed by atoms with E-state index < -0.39 is 0 Å². The average Bonchev–Trinajstić information content (AvgIpc) is 2.80. The van der Waals surface area contributed by atoms with E-state index in [1.807, 2.05) is 10.9 Å². The number of nitrogens with one attached hydrogen (secondary N) is 1. The van der Waals surface area contributed by atoms with E-state index in [2.05, 4.69) is 35.5 Å². The van der Waals surface area contributed by atoms with E-state index in [0.29, 0.717) is 0 Å². The molecule has 1 aromatic heterocycles. The van der Waals surface area contributed by atoms with Crippen LogP contribution in [-0.4, -0.2) is 55.1 Å². The van der Waals surface area contributed by atoms with Gasteiger partial charge in [-0.2, -0.15) is 5.10 Å². The lowest BCUT2D eigenvalue weighted by Crippen LogP contribution is -2.31. The Morgan fingerprint density at radius 2 is 2.28 bits per heavy atom. The molecule has 1 rings (SSSR count). The molecule has 0 amide bonds. The van der Waals surface area contributed by atoms with Crippen molar-refractivity contribution in [2.45, 2.75) is 26.4 Å². The number of rotatable bonds is 10. The SMILES string of the molecule is CCCn1cc(CNCCN(C)CCOC)cn1. The molecule has 0 aliphatic rings. The summed E-state index contributed by atoms with van der Waals surface area (Å²) in [5, 5.41) is 7.74. The zero-order chi connectivity index (χ0) is 13.2. The monoisotopic (exact) mass is 254 g/mol. The normalized spacial score (nSPS) is 11.3. The van der Waals surface area contributed by atoms with Gasteiger partial charge < -0.3 is 15.0 Å². The zero-order valence-corrected chi connectivity index (χ0v) is 11.9. The van der Waals surface area contributed by atoms with Gasteiger partial charge in [0.25, 0.3) is 0 Å². The highest BCUT2D eigenvalue weighted by Gasteiger charge is 1.99. The molecular weight excluding hydrogens is 228 g/mol. The van der Waals surface area contributed by atoms with E-state index in [-0.39, 0.29) is 0 Å². The molecule has 0 bridgehead atoms. The molecule has 5 heteroatoms. The summed E-state index contributed by atoms with van der Waals surface area (Å²) < 4.78 is 7.04. The molecule has 0 radical (unpaired) electrons. The molecule has 5 nitrogen and oxygen atoms in total. The molecule has 0 spiro atoms. The maximum atomic E-state index is 5.04. The van der Waals surface area contributed by atoms with E-state index in [1.165, 1.54) is 5.56 Å². The fraction of sp³-hybridized carbons (Fsp3) is 0.769. The molecule has 0 aliphatic heterocycles. The molecule has 0 unspecified atom stereocenters. The van der Waals surface area contributed by atoms with Crippen LogP contribution in [0.25, 0.3) is 0 Å². The average molecular weight is 254 g/mol. The Bertz CT molecular complexity index is 314. The van der Waals surface area contributed by atoms with Crippen molar-refractivity contribution >= 4 is 0 Å². The second-order valence-electron chi connectivity index (χ2n) is 4.58. The van der Waals surface area contributed by atoms with Crippen LogP contribution in [0.3, 0.4) is 0 Å². The van der Waals surface area contributed by atoms with Crippen LogP contribution in [0.4, 0.5) is 0 Å². The molecule has 18 heavy (non-hydrogen) atoms. The van der Waals surface area contributed by atoms with Crippen LogP contribution >= 0.6 is 0 Å². The van der Waals surface area contributed by atoms with Crippen LogP contribution in [-0.2, 0) is 17.8 Å². The Hall–Kier alpha value is -0.910. The van der Waals surface area contributed by atoms with E-state index in [4.69, 9.17) is 4.74 Å². The lowest BCUT2D eigenvalue weighted by atomic mass is 10.3. The van der Waals surface area contributed by atoms with Gasteiger partial charge in [-0.25, -0.2) is 0 Å². The summed E-state index contributed by atoms with van der Waals surface area (Å²) in [4.78, 5) is 2.26. The third-order valence-electron chi connectivity index (χ3n) is 2.82. The molecule has 0 atom stereocenters. The van der Waals surface area contributed by atoms with Crippen molar-refractivity contribution < 1.29 is 4.74 Å². The minimum atomic E-state index is 0.792. The van der Waals surface area contributed by atoms with Gasteiger partial charge in [0.15, 0.2) is 0 Å². The van der Waals surface area contributed by atoms with Crippen LogP contribution in [0, 0.1) is 0 Å². The molecule has 1 aromatic rings. The van der Waals surface area contributed by atoms with Crippen LogP contribution in [0.1, 0.15) is 18.9 Å². The lowest BCUT2D eigenvalue weighted by molar-refractivity contribution is 0.161. The Balaban J connectivity index is 2.09. The summed E-state index contributed by atoms with van der Waals surface area (Å²) >= 11 is 0. The lowest BCUT2D eigenvalue weighted by Gasteiger charge is -2.15. The van der Waals surface area contributed by atoms with Crippen molar-refractivity contribution in [3.8, 4) is 0 Å². The standard InChI is InChI=1S/C13H26N4O/c1-4-6-17-12-13(11-15-17)10-14-5-7-16(2)8-9-18-3/h11-12,14H,4-10H2,1-3H3. The molecule has 1 heterocycles. The minimum Gasteiger partial charge on any atom is -0.383 e. The Morgan fingerprint density at radius 3 is 3.00 bits per heavy atom. The molecule has 0 saturated heterocycles. The summed E-state index contributed by atoms with van der Waals surface area (Å²) in [6.45, 7) is 7.84. The predicted molar refractivity (Wildman–Crippen MR) is 73.6 cm³/mol. The van der Waals surface area contributed by atoms with Gasteiger partial charge in [0.2, 0.25) is 0 Å². The highest BCUT2D eigenvalue weighted by atomic mass is 16.5. The number of nitrogens with zero attached hydrogens (tertiary/aromatic N) is 3. The number of ether oxygens (including phenoxy) is 1. The number of aromatic nitrogens is 2. The summed E-state index contributed by atoms with van der Waals surface area (Å²) in [6, 6.07) is 0. The number of hydrogen-bond donors (Lipinski definition) is 1. The highest BCUT2D eigenvalue weighted by Crippen LogP contribution is 1.98. The van der Waals surface area contributed by atoms with Gasteiger partial charge in [0, 0.05) is 51.6 Å². The van der Waals surface area contributed by atoms with Crippen LogP contribution in [0.15, 0.2) is 12.4 Å². The van der Waals surface area contributed by atoms with Crippen molar-refractivity contribution in [2.75, 3.05) is 40.4 Å². The minimum absolute atomic E-state index is 0.792. The van der Waals surface area contributed by atoms with Crippen LogP contribution < -0.4 is 5.32 Å². The fourth-order valence-electron chi connectivity index (χ4n) is 1.71. The first-order valence-corrected chi connectivity index (χ1v) is 6.65. The number of methoxy groups -OCH3 is 1. The summed E-state index contributed by atoms with van der Waals surface area (Å²) in [7, 11) is 3.85. The molecule has 104 valence electrons. The Morgan fingerprint density at radius 1 is 1.44 bits per heavy atom. The van der Waals surface area contributed by atoms with E-state index >= 15 is 0 Å². The number of likely N-dealkylation sites (N-methyl/N-ethyl adjacent to an activating group) is 1.